The molecule has 1 aliphatic carbocycles. The highest BCUT2D eigenvalue weighted by Crippen LogP contribution is 2.22. The van der Waals surface area contributed by atoms with Crippen molar-refractivity contribution in [2.75, 3.05) is 14.2 Å². The molecule has 0 aromatic carbocycles. The minimum Gasteiger partial charge on any atom is -0.500 e. The molecule has 0 heterocycles. The highest BCUT2D eigenvalue weighted by molar-refractivity contribution is 5.97. The Balaban J connectivity index is 3.19. The van der Waals surface area contributed by atoms with Crippen LogP contribution in [-0.2, 0) is 14.3 Å². The Labute approximate surface area is 83.7 Å². The van der Waals surface area contributed by atoms with Crippen molar-refractivity contribution in [3.05, 3.63) is 35.3 Å². The van der Waals surface area contributed by atoms with Gasteiger partial charge in [0, 0.05) is 6.42 Å². The summed E-state index contributed by atoms with van der Waals surface area (Å²) < 4.78 is 10.3. The van der Waals surface area contributed by atoms with Crippen LogP contribution in [0.25, 0.3) is 0 Å². The third-order valence-corrected chi connectivity index (χ3v) is 2.03. The standard InChI is InChI=1S/C11H14O3/c1-8(12)11-9(13-2)6-4-5-7-10(11)14-3/h4-6H,7H2,1-3H3. The van der Waals surface area contributed by atoms with Crippen LogP contribution in [0.2, 0.25) is 0 Å². The van der Waals surface area contributed by atoms with E-state index in [0.29, 0.717) is 23.5 Å². The van der Waals surface area contributed by atoms with E-state index < -0.39 is 0 Å². The molecular weight excluding hydrogens is 180 g/mol. The Morgan fingerprint density at radius 2 is 2.07 bits per heavy atom. The number of ether oxygens (including phenoxy) is 2. The average molecular weight is 194 g/mol. The number of hydrogen-bond donors (Lipinski definition) is 0. The lowest BCUT2D eigenvalue weighted by atomic mass is 10.1. The predicted molar refractivity (Wildman–Crippen MR) is 53.6 cm³/mol. The van der Waals surface area contributed by atoms with E-state index in [4.69, 9.17) is 9.47 Å². The van der Waals surface area contributed by atoms with Crippen molar-refractivity contribution in [3.8, 4) is 0 Å². The van der Waals surface area contributed by atoms with Crippen LogP contribution >= 0.6 is 0 Å². The highest BCUT2D eigenvalue weighted by Gasteiger charge is 2.18. The molecule has 0 aliphatic heterocycles. The van der Waals surface area contributed by atoms with Crippen LogP contribution < -0.4 is 0 Å². The summed E-state index contributed by atoms with van der Waals surface area (Å²) in [5.74, 6) is 1.17. The van der Waals surface area contributed by atoms with Crippen LogP contribution in [0, 0.1) is 0 Å². The van der Waals surface area contributed by atoms with E-state index >= 15 is 0 Å². The third kappa shape index (κ3) is 2.05. The summed E-state index contributed by atoms with van der Waals surface area (Å²) in [5.41, 5.74) is 0.528. The van der Waals surface area contributed by atoms with E-state index in [1.165, 1.54) is 6.92 Å². The summed E-state index contributed by atoms with van der Waals surface area (Å²) in [6.07, 6.45) is 6.17. The van der Waals surface area contributed by atoms with Gasteiger partial charge >= 0.3 is 0 Å². The van der Waals surface area contributed by atoms with Gasteiger partial charge in [-0.15, -0.1) is 0 Å². The molecule has 0 radical (unpaired) electrons. The zero-order valence-corrected chi connectivity index (χ0v) is 8.66. The molecule has 3 nitrogen and oxygen atoms in total. The molecule has 0 aromatic heterocycles. The van der Waals surface area contributed by atoms with Crippen molar-refractivity contribution < 1.29 is 14.3 Å². The minimum atomic E-state index is -0.0429. The van der Waals surface area contributed by atoms with Gasteiger partial charge in [-0.3, -0.25) is 4.79 Å². The fraction of sp³-hybridized carbons (Fsp3) is 0.364. The van der Waals surface area contributed by atoms with Crippen molar-refractivity contribution in [3.63, 3.8) is 0 Å². The predicted octanol–water partition coefficient (Wildman–Crippen LogP) is 1.97. The SMILES string of the molecule is COC1=CC=CCC(OC)=C1C(C)=O. The average Bonchev–Trinajstić information content (AvgIpc) is 2.38. The Kier molecular flexibility index (Phi) is 3.51. The summed E-state index contributed by atoms with van der Waals surface area (Å²) in [6, 6.07) is 0. The van der Waals surface area contributed by atoms with Crippen molar-refractivity contribution >= 4 is 5.78 Å². The van der Waals surface area contributed by atoms with Gasteiger partial charge in [0.1, 0.15) is 11.5 Å². The number of rotatable bonds is 3. The molecule has 0 atom stereocenters. The number of ketones is 1. The van der Waals surface area contributed by atoms with Gasteiger partial charge in [0.05, 0.1) is 19.8 Å². The molecule has 3 heteroatoms. The zero-order chi connectivity index (χ0) is 10.6. The smallest absolute Gasteiger partial charge is 0.166 e. The topological polar surface area (TPSA) is 35.5 Å². The highest BCUT2D eigenvalue weighted by atomic mass is 16.5. The molecular formula is C11H14O3. The molecule has 0 amide bonds. The maximum Gasteiger partial charge on any atom is 0.166 e. The lowest BCUT2D eigenvalue weighted by Gasteiger charge is -2.11. The lowest BCUT2D eigenvalue weighted by Crippen LogP contribution is -2.06. The Morgan fingerprint density at radius 1 is 1.36 bits per heavy atom. The van der Waals surface area contributed by atoms with Crippen LogP contribution in [0.15, 0.2) is 35.3 Å². The van der Waals surface area contributed by atoms with Gasteiger partial charge in [-0.25, -0.2) is 0 Å². The molecule has 1 aliphatic rings. The van der Waals surface area contributed by atoms with Gasteiger partial charge in [0.15, 0.2) is 5.78 Å². The second-order valence-electron chi connectivity index (χ2n) is 2.93. The normalized spacial score (nSPS) is 16.1. The maximum absolute atomic E-state index is 11.4. The second-order valence-corrected chi connectivity index (χ2v) is 2.93. The molecule has 0 saturated carbocycles. The summed E-state index contributed by atoms with van der Waals surface area (Å²) in [5, 5.41) is 0. The minimum absolute atomic E-state index is 0.0429. The van der Waals surface area contributed by atoms with E-state index in [-0.39, 0.29) is 5.78 Å². The molecule has 0 aromatic rings. The van der Waals surface area contributed by atoms with Crippen LogP contribution in [0.1, 0.15) is 13.3 Å². The van der Waals surface area contributed by atoms with Crippen LogP contribution in [0.5, 0.6) is 0 Å². The van der Waals surface area contributed by atoms with Crippen molar-refractivity contribution in [2.24, 2.45) is 0 Å². The Hall–Kier alpha value is -1.51. The third-order valence-electron chi connectivity index (χ3n) is 2.03. The molecule has 0 fully saturated rings. The Morgan fingerprint density at radius 3 is 2.57 bits per heavy atom. The Bertz CT molecular complexity index is 321. The number of allylic oxidation sites excluding steroid dienone is 4. The van der Waals surface area contributed by atoms with E-state index in [1.54, 1.807) is 20.3 Å². The van der Waals surface area contributed by atoms with Gasteiger partial charge in [0.25, 0.3) is 0 Å². The largest absolute Gasteiger partial charge is 0.500 e. The summed E-state index contributed by atoms with van der Waals surface area (Å²) in [7, 11) is 3.10. The lowest BCUT2D eigenvalue weighted by molar-refractivity contribution is -0.113. The molecule has 0 saturated heterocycles. The molecule has 0 bridgehead atoms. The number of Topliss-reactive ketones (excluding diaryl/α,β-unsaturated/α-hetero) is 1. The number of hydrogen-bond acceptors (Lipinski definition) is 3. The van der Waals surface area contributed by atoms with Crippen molar-refractivity contribution in [1.29, 1.82) is 0 Å². The second kappa shape index (κ2) is 4.65. The number of carbonyl (C=O) groups is 1. The quantitative estimate of drug-likeness (QED) is 0.689. The van der Waals surface area contributed by atoms with E-state index in [9.17, 15) is 4.79 Å². The summed E-state index contributed by atoms with van der Waals surface area (Å²) in [6.45, 7) is 1.51. The van der Waals surface area contributed by atoms with Crippen molar-refractivity contribution in [1.82, 2.24) is 0 Å². The molecule has 1 rings (SSSR count). The van der Waals surface area contributed by atoms with Crippen molar-refractivity contribution in [2.45, 2.75) is 13.3 Å². The molecule has 0 unspecified atom stereocenters. The molecule has 0 N–H and O–H groups in total. The van der Waals surface area contributed by atoms with Gasteiger partial charge in [-0.05, 0) is 13.0 Å². The first-order valence-corrected chi connectivity index (χ1v) is 4.40. The van der Waals surface area contributed by atoms with Gasteiger partial charge in [-0.1, -0.05) is 12.2 Å². The maximum atomic E-state index is 11.4. The fourth-order valence-corrected chi connectivity index (χ4v) is 1.38. The van der Waals surface area contributed by atoms with Crippen LogP contribution in [-0.4, -0.2) is 20.0 Å². The van der Waals surface area contributed by atoms with Gasteiger partial charge in [-0.2, -0.15) is 0 Å². The van der Waals surface area contributed by atoms with E-state index in [2.05, 4.69) is 0 Å². The monoisotopic (exact) mass is 194 g/mol. The van der Waals surface area contributed by atoms with Crippen LogP contribution in [0.4, 0.5) is 0 Å². The summed E-state index contributed by atoms with van der Waals surface area (Å²) >= 11 is 0. The number of carbonyl (C=O) groups excluding carboxylic acids is 1. The fourth-order valence-electron chi connectivity index (χ4n) is 1.38. The van der Waals surface area contributed by atoms with Gasteiger partial charge in [0.2, 0.25) is 0 Å². The first kappa shape index (κ1) is 10.6. The molecule has 76 valence electrons. The van der Waals surface area contributed by atoms with E-state index in [0.717, 1.165) is 0 Å². The first-order chi connectivity index (χ1) is 6.70. The van der Waals surface area contributed by atoms with E-state index in [1.807, 2.05) is 12.2 Å². The zero-order valence-electron chi connectivity index (χ0n) is 8.66. The van der Waals surface area contributed by atoms with Gasteiger partial charge < -0.3 is 9.47 Å². The first-order valence-electron chi connectivity index (χ1n) is 4.40. The molecule has 0 spiro atoms. The van der Waals surface area contributed by atoms with Crippen LogP contribution in [0.3, 0.4) is 0 Å². The summed E-state index contributed by atoms with van der Waals surface area (Å²) in [4.78, 5) is 11.4. The number of methoxy groups -OCH3 is 2. The molecule has 14 heavy (non-hydrogen) atoms.